The van der Waals surface area contributed by atoms with Crippen LogP contribution in [0.25, 0.3) is 0 Å². The molecule has 100 valence electrons. The van der Waals surface area contributed by atoms with Crippen LogP contribution in [0, 0.1) is 0 Å². The molecule has 0 saturated heterocycles. The maximum absolute atomic E-state index is 5.39. The SMILES string of the molecule is C=C(C/C(=C\CC)C(=C)/C=C(C)\C=C/N)OCC. The van der Waals surface area contributed by atoms with Crippen molar-refractivity contribution < 1.29 is 4.74 Å². The molecule has 2 N–H and O–H groups in total. The highest BCUT2D eigenvalue weighted by molar-refractivity contribution is 5.42. The molecule has 0 radical (unpaired) electrons. The molecule has 0 aromatic heterocycles. The minimum absolute atomic E-state index is 0.648. The largest absolute Gasteiger partial charge is 0.498 e. The van der Waals surface area contributed by atoms with Crippen LogP contribution in [0.15, 0.2) is 60.1 Å². The number of hydrogen-bond donors (Lipinski definition) is 1. The van der Waals surface area contributed by atoms with Gasteiger partial charge in [-0.2, -0.15) is 0 Å². The molecule has 0 aliphatic rings. The Bertz CT molecular complexity index is 373. The summed E-state index contributed by atoms with van der Waals surface area (Å²) in [5.41, 5.74) is 8.57. The van der Waals surface area contributed by atoms with Gasteiger partial charge in [0.05, 0.1) is 12.4 Å². The van der Waals surface area contributed by atoms with Gasteiger partial charge in [-0.15, -0.1) is 0 Å². The van der Waals surface area contributed by atoms with Crippen LogP contribution in [0.5, 0.6) is 0 Å². The van der Waals surface area contributed by atoms with Gasteiger partial charge in [-0.1, -0.05) is 32.2 Å². The molecular weight excluding hydrogens is 222 g/mol. The van der Waals surface area contributed by atoms with E-state index in [1.165, 1.54) is 6.20 Å². The summed E-state index contributed by atoms with van der Waals surface area (Å²) in [6.07, 6.45) is 9.23. The predicted molar refractivity (Wildman–Crippen MR) is 80.0 cm³/mol. The second kappa shape index (κ2) is 9.34. The normalized spacial score (nSPS) is 12.8. The molecule has 0 aromatic rings. The van der Waals surface area contributed by atoms with E-state index in [4.69, 9.17) is 10.5 Å². The fourth-order valence-electron chi connectivity index (χ4n) is 1.60. The molecule has 0 aliphatic heterocycles. The van der Waals surface area contributed by atoms with Gasteiger partial charge in [-0.3, -0.25) is 0 Å². The first kappa shape index (κ1) is 16.3. The van der Waals surface area contributed by atoms with Gasteiger partial charge in [-0.05, 0) is 49.3 Å². The van der Waals surface area contributed by atoms with E-state index in [2.05, 4.69) is 26.2 Å². The molecule has 0 amide bonds. The number of allylic oxidation sites excluding steroid dienone is 6. The van der Waals surface area contributed by atoms with Crippen molar-refractivity contribution in [3.05, 3.63) is 60.1 Å². The smallest absolute Gasteiger partial charge is 0.0931 e. The van der Waals surface area contributed by atoms with Crippen LogP contribution < -0.4 is 5.73 Å². The zero-order chi connectivity index (χ0) is 14.0. The van der Waals surface area contributed by atoms with E-state index < -0.39 is 0 Å². The summed E-state index contributed by atoms with van der Waals surface area (Å²) in [6, 6.07) is 0. The Labute approximate surface area is 111 Å². The van der Waals surface area contributed by atoms with Gasteiger partial charge >= 0.3 is 0 Å². The van der Waals surface area contributed by atoms with Crippen LogP contribution in [-0.4, -0.2) is 6.61 Å². The first-order valence-corrected chi connectivity index (χ1v) is 6.30. The maximum Gasteiger partial charge on any atom is 0.0931 e. The van der Waals surface area contributed by atoms with E-state index in [1.807, 2.05) is 26.0 Å². The Morgan fingerprint density at radius 2 is 1.94 bits per heavy atom. The zero-order valence-corrected chi connectivity index (χ0v) is 11.8. The summed E-state index contributed by atoms with van der Waals surface area (Å²) >= 11 is 0. The van der Waals surface area contributed by atoms with Crippen molar-refractivity contribution in [3.8, 4) is 0 Å². The van der Waals surface area contributed by atoms with Crippen LogP contribution in [0.1, 0.15) is 33.6 Å². The van der Waals surface area contributed by atoms with Crippen molar-refractivity contribution in [2.24, 2.45) is 5.73 Å². The quantitative estimate of drug-likeness (QED) is 0.514. The molecule has 0 aromatic carbocycles. The fraction of sp³-hybridized carbons (Fsp3) is 0.375. The summed E-state index contributed by atoms with van der Waals surface area (Å²) < 4.78 is 5.39. The van der Waals surface area contributed by atoms with E-state index in [1.54, 1.807) is 0 Å². The Kier molecular flexibility index (Phi) is 8.46. The highest BCUT2D eigenvalue weighted by Gasteiger charge is 2.04. The standard InChI is InChI=1S/C16H25NO/c1-6-8-16(12-15(5)18-7-2)14(4)11-13(3)9-10-17/h8-11H,4-7,12,17H2,1-3H3/b10-9-,13-11-,16-8+. The highest BCUT2D eigenvalue weighted by Crippen LogP contribution is 2.21. The number of nitrogens with two attached hydrogens (primary N) is 1. The van der Waals surface area contributed by atoms with Crippen LogP contribution in [0.2, 0.25) is 0 Å². The summed E-state index contributed by atoms with van der Waals surface area (Å²) in [6.45, 7) is 14.7. The minimum atomic E-state index is 0.648. The van der Waals surface area contributed by atoms with Crippen molar-refractivity contribution in [2.45, 2.75) is 33.6 Å². The molecule has 0 heterocycles. The number of ether oxygens (including phenoxy) is 1. The van der Waals surface area contributed by atoms with Crippen molar-refractivity contribution in [1.29, 1.82) is 0 Å². The summed E-state index contributed by atoms with van der Waals surface area (Å²) in [4.78, 5) is 0. The van der Waals surface area contributed by atoms with Crippen molar-refractivity contribution in [1.82, 2.24) is 0 Å². The molecule has 0 unspecified atom stereocenters. The Morgan fingerprint density at radius 3 is 2.44 bits per heavy atom. The lowest BCUT2D eigenvalue weighted by Crippen LogP contribution is -1.95. The predicted octanol–water partition coefficient (Wildman–Crippen LogP) is 4.24. The third-order valence-electron chi connectivity index (χ3n) is 2.36. The number of rotatable bonds is 8. The second-order valence-electron chi connectivity index (χ2n) is 4.06. The maximum atomic E-state index is 5.39. The van der Waals surface area contributed by atoms with E-state index in [-0.39, 0.29) is 0 Å². The monoisotopic (exact) mass is 247 g/mol. The summed E-state index contributed by atoms with van der Waals surface area (Å²) in [5.74, 6) is 0.777. The van der Waals surface area contributed by atoms with Crippen LogP contribution in [-0.2, 0) is 4.74 Å². The second-order valence-corrected chi connectivity index (χ2v) is 4.06. The molecule has 0 bridgehead atoms. The van der Waals surface area contributed by atoms with E-state index in [0.717, 1.165) is 28.9 Å². The van der Waals surface area contributed by atoms with Crippen molar-refractivity contribution in [3.63, 3.8) is 0 Å². The lowest BCUT2D eigenvalue weighted by atomic mass is 10.00. The summed E-state index contributed by atoms with van der Waals surface area (Å²) in [7, 11) is 0. The van der Waals surface area contributed by atoms with E-state index >= 15 is 0 Å². The summed E-state index contributed by atoms with van der Waals surface area (Å²) in [5, 5.41) is 0. The fourth-order valence-corrected chi connectivity index (χ4v) is 1.60. The van der Waals surface area contributed by atoms with Gasteiger partial charge < -0.3 is 10.5 Å². The lowest BCUT2D eigenvalue weighted by molar-refractivity contribution is 0.225. The molecule has 0 spiro atoms. The topological polar surface area (TPSA) is 35.2 Å². The van der Waals surface area contributed by atoms with Gasteiger partial charge in [0, 0.05) is 6.42 Å². The number of hydrogen-bond acceptors (Lipinski definition) is 2. The molecule has 2 heteroatoms. The first-order valence-electron chi connectivity index (χ1n) is 6.30. The molecule has 18 heavy (non-hydrogen) atoms. The van der Waals surface area contributed by atoms with Gasteiger partial charge in [0.1, 0.15) is 0 Å². The molecule has 0 atom stereocenters. The average molecular weight is 247 g/mol. The van der Waals surface area contributed by atoms with Crippen molar-refractivity contribution in [2.75, 3.05) is 6.61 Å². The third kappa shape index (κ3) is 6.79. The van der Waals surface area contributed by atoms with Crippen LogP contribution >= 0.6 is 0 Å². The average Bonchev–Trinajstić information content (AvgIpc) is 2.29. The molecule has 0 aliphatic carbocycles. The highest BCUT2D eigenvalue weighted by atomic mass is 16.5. The lowest BCUT2D eigenvalue weighted by Gasteiger charge is -2.11. The minimum Gasteiger partial charge on any atom is -0.498 e. The molecular formula is C16H25NO. The van der Waals surface area contributed by atoms with E-state index in [9.17, 15) is 0 Å². The molecule has 0 rings (SSSR count). The molecule has 0 fully saturated rings. The van der Waals surface area contributed by atoms with Gasteiger partial charge in [0.25, 0.3) is 0 Å². The Hall–Kier alpha value is -1.70. The third-order valence-corrected chi connectivity index (χ3v) is 2.36. The Balaban J connectivity index is 4.81. The molecule has 0 saturated carbocycles. The van der Waals surface area contributed by atoms with Crippen molar-refractivity contribution >= 4 is 0 Å². The van der Waals surface area contributed by atoms with Gasteiger partial charge in [0.15, 0.2) is 0 Å². The van der Waals surface area contributed by atoms with Gasteiger partial charge in [0.2, 0.25) is 0 Å². The van der Waals surface area contributed by atoms with Crippen LogP contribution in [0.4, 0.5) is 0 Å². The zero-order valence-electron chi connectivity index (χ0n) is 11.8. The van der Waals surface area contributed by atoms with E-state index in [0.29, 0.717) is 13.0 Å². The molecule has 2 nitrogen and oxygen atoms in total. The van der Waals surface area contributed by atoms with Crippen LogP contribution in [0.3, 0.4) is 0 Å². The Morgan fingerprint density at radius 1 is 1.28 bits per heavy atom. The first-order chi connectivity index (χ1) is 8.54. The van der Waals surface area contributed by atoms with Gasteiger partial charge in [-0.25, -0.2) is 0 Å².